The van der Waals surface area contributed by atoms with Crippen LogP contribution in [0.2, 0.25) is 0 Å². The molecule has 33 heavy (non-hydrogen) atoms. The molecule has 1 aliphatic heterocycles. The Kier molecular flexibility index (Phi) is 6.81. The summed E-state index contributed by atoms with van der Waals surface area (Å²) < 4.78 is 31.2. The maximum Gasteiger partial charge on any atom is 0.179 e. The first kappa shape index (κ1) is 22.6. The number of fused-ring (bicyclic) bond motifs is 1. The van der Waals surface area contributed by atoms with Gasteiger partial charge < -0.3 is 9.72 Å². The predicted molar refractivity (Wildman–Crippen MR) is 130 cm³/mol. The second kappa shape index (κ2) is 9.95. The molecule has 1 saturated heterocycles. The zero-order valence-corrected chi connectivity index (χ0v) is 19.9. The van der Waals surface area contributed by atoms with E-state index in [4.69, 9.17) is 4.74 Å². The van der Waals surface area contributed by atoms with Crippen LogP contribution in [0, 0.1) is 5.92 Å². The molecule has 3 heterocycles. The van der Waals surface area contributed by atoms with E-state index in [1.54, 1.807) is 0 Å². The maximum atomic E-state index is 12.9. The lowest BCUT2D eigenvalue weighted by Gasteiger charge is -2.26. The Bertz CT molecular complexity index is 1130. The molecule has 1 atom stereocenters. The number of nitrogens with zero attached hydrogens (tertiary/aromatic N) is 2. The Balaban J connectivity index is 1.32. The molecule has 6 nitrogen and oxygen atoms in total. The number of aromatic amines is 1. The van der Waals surface area contributed by atoms with Crippen LogP contribution in [0.3, 0.4) is 0 Å². The monoisotopic (exact) mass is 467 g/mol. The van der Waals surface area contributed by atoms with E-state index in [0.717, 1.165) is 30.5 Å². The van der Waals surface area contributed by atoms with Crippen molar-refractivity contribution in [1.29, 1.82) is 0 Å². The van der Waals surface area contributed by atoms with E-state index in [9.17, 15) is 8.42 Å². The van der Waals surface area contributed by atoms with Crippen LogP contribution in [0.1, 0.15) is 42.9 Å². The lowest BCUT2D eigenvalue weighted by atomic mass is 9.82. The highest BCUT2D eigenvalue weighted by Crippen LogP contribution is 2.39. The summed E-state index contributed by atoms with van der Waals surface area (Å²) in [7, 11) is -3.29. The lowest BCUT2D eigenvalue weighted by Crippen LogP contribution is -2.39. The van der Waals surface area contributed by atoms with Crippen LogP contribution in [0.4, 0.5) is 0 Å². The van der Waals surface area contributed by atoms with Crippen LogP contribution >= 0.6 is 0 Å². The molecule has 7 heteroatoms. The van der Waals surface area contributed by atoms with Gasteiger partial charge in [-0.15, -0.1) is 0 Å². The molecular formula is C26H33N3O3S. The maximum absolute atomic E-state index is 12.9. The van der Waals surface area contributed by atoms with Crippen LogP contribution in [-0.2, 0) is 21.0 Å². The van der Waals surface area contributed by atoms with Gasteiger partial charge in [0.1, 0.15) is 5.65 Å². The molecule has 0 radical (unpaired) electrons. The Morgan fingerprint density at radius 2 is 1.85 bits per heavy atom. The third kappa shape index (κ3) is 5.31. The Labute approximate surface area is 196 Å². The molecule has 176 valence electrons. The Hall–Kier alpha value is -2.22. The average Bonchev–Trinajstić information content (AvgIpc) is 3.52. The van der Waals surface area contributed by atoms with Gasteiger partial charge in [0.2, 0.25) is 0 Å². The van der Waals surface area contributed by atoms with Crippen molar-refractivity contribution >= 4 is 20.9 Å². The highest BCUT2D eigenvalue weighted by molar-refractivity contribution is 7.91. The minimum Gasteiger partial charge on any atom is -0.379 e. The topological polar surface area (TPSA) is 75.3 Å². The highest BCUT2D eigenvalue weighted by atomic mass is 32.2. The second-order valence-electron chi connectivity index (χ2n) is 9.43. The van der Waals surface area contributed by atoms with E-state index < -0.39 is 9.84 Å². The van der Waals surface area contributed by atoms with E-state index in [2.05, 4.69) is 27.0 Å². The number of nitrogens with one attached hydrogen (secondary N) is 1. The van der Waals surface area contributed by atoms with Gasteiger partial charge in [-0.25, -0.2) is 13.4 Å². The van der Waals surface area contributed by atoms with Crippen LogP contribution in [-0.4, -0.2) is 61.9 Å². The number of H-pyrrole nitrogens is 1. The van der Waals surface area contributed by atoms with Gasteiger partial charge in [0.15, 0.2) is 9.84 Å². The molecule has 3 aromatic rings. The smallest absolute Gasteiger partial charge is 0.179 e. The van der Waals surface area contributed by atoms with E-state index in [-0.39, 0.29) is 5.75 Å². The molecule has 2 aliphatic rings. The van der Waals surface area contributed by atoms with Gasteiger partial charge in [-0.1, -0.05) is 25.0 Å². The summed E-state index contributed by atoms with van der Waals surface area (Å²) in [6, 6.07) is 14.0. The quantitative estimate of drug-likeness (QED) is 0.538. The van der Waals surface area contributed by atoms with Gasteiger partial charge in [0.25, 0.3) is 0 Å². The van der Waals surface area contributed by atoms with Gasteiger partial charge in [0, 0.05) is 36.9 Å². The zero-order chi connectivity index (χ0) is 22.7. The largest absolute Gasteiger partial charge is 0.379 e. The molecule has 0 amide bonds. The van der Waals surface area contributed by atoms with Crippen molar-refractivity contribution in [3.63, 3.8) is 0 Å². The minimum absolute atomic E-state index is 0.153. The first-order valence-electron chi connectivity index (χ1n) is 12.1. The van der Waals surface area contributed by atoms with Crippen molar-refractivity contribution in [2.45, 2.75) is 42.9 Å². The fourth-order valence-corrected chi connectivity index (χ4v) is 6.68. The third-order valence-corrected chi connectivity index (χ3v) is 9.01. The summed E-state index contributed by atoms with van der Waals surface area (Å²) in [5.74, 6) is 1.17. The molecule has 1 N–H and O–H groups in total. The number of sulfone groups is 1. The second-order valence-corrected chi connectivity index (χ2v) is 11.5. The van der Waals surface area contributed by atoms with Crippen molar-refractivity contribution in [3.8, 4) is 0 Å². The van der Waals surface area contributed by atoms with Gasteiger partial charge >= 0.3 is 0 Å². The zero-order valence-electron chi connectivity index (χ0n) is 19.1. The normalized spacial score (nSPS) is 19.3. The van der Waals surface area contributed by atoms with Gasteiger partial charge in [-0.2, -0.15) is 0 Å². The standard InChI is InChI=1S/C26H33N3O3S/c30-33(31,17-14-29-12-15-32-16-13-29)24-9-7-21(8-10-24)25(20-4-1-2-5-20)19-23-18-22-6-3-11-27-26(22)28-23/h3,6-11,18,20,25H,1-2,4-5,12-17,19H2,(H,27,28). The van der Waals surface area contributed by atoms with Crippen molar-refractivity contribution in [3.05, 3.63) is 59.9 Å². The van der Waals surface area contributed by atoms with Crippen molar-refractivity contribution < 1.29 is 13.2 Å². The van der Waals surface area contributed by atoms with Crippen LogP contribution in [0.5, 0.6) is 0 Å². The molecule has 5 rings (SSSR count). The summed E-state index contributed by atoms with van der Waals surface area (Å²) in [6.07, 6.45) is 7.78. The summed E-state index contributed by atoms with van der Waals surface area (Å²) >= 11 is 0. The summed E-state index contributed by atoms with van der Waals surface area (Å²) in [5.41, 5.74) is 3.36. The first-order valence-corrected chi connectivity index (χ1v) is 13.8. The molecular weight excluding hydrogens is 434 g/mol. The fourth-order valence-electron chi connectivity index (χ4n) is 5.39. The molecule has 0 bridgehead atoms. The highest BCUT2D eigenvalue weighted by Gasteiger charge is 2.28. The van der Waals surface area contributed by atoms with Crippen LogP contribution < -0.4 is 0 Å². The van der Waals surface area contributed by atoms with Crippen LogP contribution in [0.25, 0.3) is 11.0 Å². The van der Waals surface area contributed by atoms with Gasteiger partial charge in [-0.05, 0) is 67.0 Å². The Morgan fingerprint density at radius 3 is 2.58 bits per heavy atom. The fraction of sp³-hybridized carbons (Fsp3) is 0.500. The SMILES string of the molecule is O=S(=O)(CCN1CCOCC1)c1ccc(C(Cc2cc3cccnc3[nH]2)C2CCCC2)cc1. The number of aromatic nitrogens is 2. The number of hydrogen-bond acceptors (Lipinski definition) is 5. The Morgan fingerprint density at radius 1 is 1.09 bits per heavy atom. The van der Waals surface area contributed by atoms with E-state index in [1.807, 2.05) is 36.5 Å². The van der Waals surface area contributed by atoms with Crippen molar-refractivity contribution in [2.75, 3.05) is 38.6 Å². The number of benzene rings is 1. The lowest BCUT2D eigenvalue weighted by molar-refractivity contribution is 0.0408. The predicted octanol–water partition coefficient (Wildman–Crippen LogP) is 4.19. The number of ether oxygens (including phenoxy) is 1. The molecule has 2 fully saturated rings. The minimum atomic E-state index is -3.29. The number of rotatable bonds is 8. The van der Waals surface area contributed by atoms with E-state index in [0.29, 0.717) is 36.5 Å². The molecule has 2 aromatic heterocycles. The number of pyridine rings is 1. The summed E-state index contributed by atoms with van der Waals surface area (Å²) in [4.78, 5) is 10.5. The number of hydrogen-bond donors (Lipinski definition) is 1. The van der Waals surface area contributed by atoms with Crippen LogP contribution in [0.15, 0.2) is 53.6 Å². The molecule has 1 aliphatic carbocycles. The molecule has 1 aromatic carbocycles. The number of morpholine rings is 1. The molecule has 0 spiro atoms. The van der Waals surface area contributed by atoms with Crippen molar-refractivity contribution in [1.82, 2.24) is 14.9 Å². The molecule has 1 saturated carbocycles. The molecule has 1 unspecified atom stereocenters. The first-order chi connectivity index (χ1) is 16.1. The average molecular weight is 468 g/mol. The van der Waals surface area contributed by atoms with E-state index in [1.165, 1.54) is 36.9 Å². The van der Waals surface area contributed by atoms with E-state index >= 15 is 0 Å². The van der Waals surface area contributed by atoms with Crippen molar-refractivity contribution in [2.24, 2.45) is 5.92 Å². The summed E-state index contributed by atoms with van der Waals surface area (Å²) in [6.45, 7) is 3.54. The third-order valence-electron chi connectivity index (χ3n) is 7.30. The van der Waals surface area contributed by atoms with Gasteiger partial charge in [0.05, 0.1) is 23.9 Å². The van der Waals surface area contributed by atoms with Gasteiger partial charge in [-0.3, -0.25) is 4.90 Å². The summed E-state index contributed by atoms with van der Waals surface area (Å²) in [5, 5.41) is 1.14.